The molecule has 0 bridgehead atoms. The Morgan fingerprint density at radius 3 is 2.45 bits per heavy atom. The molecule has 1 atom stereocenters. The molecule has 124 valence electrons. The average molecular weight is 304 g/mol. The first-order chi connectivity index (χ1) is 10.8. The van der Waals surface area contributed by atoms with Crippen molar-refractivity contribution in [3.8, 4) is 0 Å². The van der Waals surface area contributed by atoms with E-state index >= 15 is 0 Å². The summed E-state index contributed by atoms with van der Waals surface area (Å²) >= 11 is 0. The lowest BCUT2D eigenvalue weighted by atomic mass is 9.84. The van der Waals surface area contributed by atoms with Crippen LogP contribution >= 0.6 is 0 Å². The third-order valence-corrected chi connectivity index (χ3v) is 4.75. The Balaban J connectivity index is 1.72. The van der Waals surface area contributed by atoms with E-state index in [1.807, 2.05) is 0 Å². The van der Waals surface area contributed by atoms with Crippen LogP contribution in [0.25, 0.3) is 0 Å². The van der Waals surface area contributed by atoms with E-state index in [2.05, 4.69) is 41.8 Å². The number of methoxy groups -OCH3 is 1. The van der Waals surface area contributed by atoms with E-state index < -0.39 is 0 Å². The topological polar surface area (TPSA) is 33.3 Å². The van der Waals surface area contributed by atoms with E-state index in [0.717, 1.165) is 32.2 Å². The molecule has 0 heterocycles. The molecule has 1 unspecified atom stereocenters. The molecule has 1 saturated carbocycles. The fourth-order valence-corrected chi connectivity index (χ4v) is 3.29. The molecule has 0 aromatic heterocycles. The van der Waals surface area contributed by atoms with Crippen molar-refractivity contribution in [1.82, 2.24) is 10.6 Å². The van der Waals surface area contributed by atoms with Crippen LogP contribution in [0, 0.1) is 0 Å². The van der Waals surface area contributed by atoms with Crippen LogP contribution in [-0.4, -0.2) is 33.4 Å². The Bertz CT molecular complexity index is 398. The van der Waals surface area contributed by atoms with Gasteiger partial charge >= 0.3 is 0 Å². The fraction of sp³-hybridized carbons (Fsp3) is 0.684. The van der Waals surface area contributed by atoms with Crippen LogP contribution in [0.5, 0.6) is 0 Å². The molecule has 0 aliphatic heterocycles. The van der Waals surface area contributed by atoms with Crippen LogP contribution in [0.4, 0.5) is 0 Å². The lowest BCUT2D eigenvalue weighted by Gasteiger charge is -2.22. The Morgan fingerprint density at radius 2 is 1.77 bits per heavy atom. The largest absolute Gasteiger partial charge is 0.383 e. The SMILES string of the molecule is COCCNCCNC(C)c1ccc(C2CCCCC2)cc1. The van der Waals surface area contributed by atoms with E-state index in [1.165, 1.54) is 43.2 Å². The highest BCUT2D eigenvalue weighted by atomic mass is 16.5. The molecule has 1 aliphatic rings. The predicted octanol–water partition coefficient (Wildman–Crippen LogP) is 3.62. The van der Waals surface area contributed by atoms with Crippen molar-refractivity contribution in [2.24, 2.45) is 0 Å². The van der Waals surface area contributed by atoms with Crippen molar-refractivity contribution in [3.05, 3.63) is 35.4 Å². The molecule has 1 aromatic carbocycles. The monoisotopic (exact) mass is 304 g/mol. The van der Waals surface area contributed by atoms with Gasteiger partial charge < -0.3 is 15.4 Å². The van der Waals surface area contributed by atoms with Gasteiger partial charge in [-0.05, 0) is 36.8 Å². The van der Waals surface area contributed by atoms with Crippen LogP contribution in [-0.2, 0) is 4.74 Å². The van der Waals surface area contributed by atoms with Crippen LogP contribution < -0.4 is 10.6 Å². The van der Waals surface area contributed by atoms with Gasteiger partial charge in [-0.2, -0.15) is 0 Å². The molecule has 0 saturated heterocycles. The molecule has 2 N–H and O–H groups in total. The molecular formula is C19H32N2O. The average Bonchev–Trinajstić information content (AvgIpc) is 2.59. The number of nitrogens with one attached hydrogen (secondary N) is 2. The summed E-state index contributed by atoms with van der Waals surface area (Å²) in [4.78, 5) is 0. The number of hydrogen-bond acceptors (Lipinski definition) is 3. The number of rotatable bonds is 9. The second-order valence-electron chi connectivity index (χ2n) is 6.42. The second kappa shape index (κ2) is 9.98. The molecule has 3 heteroatoms. The number of benzene rings is 1. The van der Waals surface area contributed by atoms with Gasteiger partial charge in [0.25, 0.3) is 0 Å². The molecule has 1 fully saturated rings. The first-order valence-corrected chi connectivity index (χ1v) is 8.84. The number of ether oxygens (including phenoxy) is 1. The van der Waals surface area contributed by atoms with Gasteiger partial charge in [-0.15, -0.1) is 0 Å². The van der Waals surface area contributed by atoms with Crippen molar-refractivity contribution in [2.45, 2.75) is 51.0 Å². The minimum Gasteiger partial charge on any atom is -0.383 e. The molecule has 2 rings (SSSR count). The summed E-state index contributed by atoms with van der Waals surface area (Å²) in [6.07, 6.45) is 6.98. The smallest absolute Gasteiger partial charge is 0.0587 e. The maximum Gasteiger partial charge on any atom is 0.0587 e. The summed E-state index contributed by atoms with van der Waals surface area (Å²) in [6.45, 7) is 5.90. The van der Waals surface area contributed by atoms with Gasteiger partial charge in [0.2, 0.25) is 0 Å². The van der Waals surface area contributed by atoms with E-state index in [4.69, 9.17) is 4.74 Å². The van der Waals surface area contributed by atoms with Gasteiger partial charge in [-0.3, -0.25) is 0 Å². The Morgan fingerprint density at radius 1 is 1.05 bits per heavy atom. The highest BCUT2D eigenvalue weighted by Crippen LogP contribution is 2.32. The first-order valence-electron chi connectivity index (χ1n) is 8.84. The molecular weight excluding hydrogens is 272 g/mol. The van der Waals surface area contributed by atoms with E-state index in [9.17, 15) is 0 Å². The zero-order valence-corrected chi connectivity index (χ0v) is 14.2. The zero-order chi connectivity index (χ0) is 15.6. The van der Waals surface area contributed by atoms with Gasteiger partial charge in [0.05, 0.1) is 6.61 Å². The summed E-state index contributed by atoms with van der Waals surface area (Å²) in [5.74, 6) is 0.802. The van der Waals surface area contributed by atoms with E-state index in [0.29, 0.717) is 6.04 Å². The second-order valence-corrected chi connectivity index (χ2v) is 6.42. The van der Waals surface area contributed by atoms with Crippen molar-refractivity contribution in [2.75, 3.05) is 33.4 Å². The van der Waals surface area contributed by atoms with Gasteiger partial charge in [-0.1, -0.05) is 43.5 Å². The molecule has 3 nitrogen and oxygen atoms in total. The highest BCUT2D eigenvalue weighted by Gasteiger charge is 2.15. The normalized spacial score (nSPS) is 17.5. The van der Waals surface area contributed by atoms with Crippen LogP contribution in [0.2, 0.25) is 0 Å². The Labute approximate surface area is 135 Å². The lowest BCUT2D eigenvalue weighted by molar-refractivity contribution is 0.199. The quantitative estimate of drug-likeness (QED) is 0.684. The zero-order valence-electron chi connectivity index (χ0n) is 14.2. The summed E-state index contributed by atoms with van der Waals surface area (Å²) in [7, 11) is 1.74. The standard InChI is InChI=1S/C19H32N2O/c1-16(21-13-12-20-14-15-22-2)17-8-10-19(11-9-17)18-6-4-3-5-7-18/h8-11,16,18,20-21H,3-7,12-15H2,1-2H3. The summed E-state index contributed by atoms with van der Waals surface area (Å²) in [5, 5.41) is 6.93. The molecule has 22 heavy (non-hydrogen) atoms. The van der Waals surface area contributed by atoms with E-state index in [1.54, 1.807) is 7.11 Å². The minimum atomic E-state index is 0.407. The number of hydrogen-bond donors (Lipinski definition) is 2. The fourth-order valence-electron chi connectivity index (χ4n) is 3.29. The van der Waals surface area contributed by atoms with Gasteiger partial charge in [0, 0.05) is 32.8 Å². The van der Waals surface area contributed by atoms with Crippen molar-refractivity contribution < 1.29 is 4.74 Å². The first kappa shape index (κ1) is 17.5. The molecule has 0 radical (unpaired) electrons. The van der Waals surface area contributed by atoms with Crippen molar-refractivity contribution in [3.63, 3.8) is 0 Å². The highest BCUT2D eigenvalue weighted by molar-refractivity contribution is 5.27. The molecule has 0 amide bonds. The molecule has 0 spiro atoms. The summed E-state index contributed by atoms with van der Waals surface area (Å²) in [6, 6.07) is 9.71. The molecule has 1 aliphatic carbocycles. The van der Waals surface area contributed by atoms with Gasteiger partial charge in [-0.25, -0.2) is 0 Å². The van der Waals surface area contributed by atoms with Crippen LogP contribution in [0.1, 0.15) is 62.1 Å². The van der Waals surface area contributed by atoms with Crippen LogP contribution in [0.3, 0.4) is 0 Å². The van der Waals surface area contributed by atoms with E-state index in [-0.39, 0.29) is 0 Å². The van der Waals surface area contributed by atoms with Gasteiger partial charge in [0.1, 0.15) is 0 Å². The molecule has 1 aromatic rings. The maximum atomic E-state index is 5.02. The van der Waals surface area contributed by atoms with Crippen LogP contribution in [0.15, 0.2) is 24.3 Å². The summed E-state index contributed by atoms with van der Waals surface area (Å²) in [5.41, 5.74) is 2.92. The maximum absolute atomic E-state index is 5.02. The lowest BCUT2D eigenvalue weighted by Crippen LogP contribution is -2.30. The van der Waals surface area contributed by atoms with Crippen molar-refractivity contribution in [1.29, 1.82) is 0 Å². The van der Waals surface area contributed by atoms with Gasteiger partial charge in [0.15, 0.2) is 0 Å². The Kier molecular flexibility index (Phi) is 7.92. The third-order valence-electron chi connectivity index (χ3n) is 4.75. The third kappa shape index (κ3) is 5.71. The van der Waals surface area contributed by atoms with Crippen molar-refractivity contribution >= 4 is 0 Å². The predicted molar refractivity (Wildman–Crippen MR) is 93.4 cm³/mol. The minimum absolute atomic E-state index is 0.407. The summed E-state index contributed by atoms with van der Waals surface area (Å²) < 4.78 is 5.02. The Hall–Kier alpha value is -0.900.